The predicted octanol–water partition coefficient (Wildman–Crippen LogP) is 13.2. The van der Waals surface area contributed by atoms with Crippen molar-refractivity contribution in [1.82, 2.24) is 15.0 Å². The molecule has 252 valence electrons. The first kappa shape index (κ1) is 30.3. The van der Waals surface area contributed by atoms with Gasteiger partial charge in [0, 0.05) is 43.8 Å². The van der Waals surface area contributed by atoms with Gasteiger partial charge in [0.25, 0.3) is 0 Å². The van der Waals surface area contributed by atoms with Crippen molar-refractivity contribution in [2.45, 2.75) is 0 Å². The smallest absolute Gasteiger partial charge is 0.164 e. The van der Waals surface area contributed by atoms with Gasteiger partial charge in [0.2, 0.25) is 0 Å². The molecule has 5 heteroatoms. The summed E-state index contributed by atoms with van der Waals surface area (Å²) >= 11 is 0. The lowest BCUT2D eigenvalue weighted by atomic mass is 9.95. The molecule has 3 heterocycles. The van der Waals surface area contributed by atoms with Crippen LogP contribution in [0.25, 0.3) is 111 Å². The number of para-hydroxylation sites is 2. The zero-order valence-electron chi connectivity index (χ0n) is 28.9. The number of fused-ring (bicyclic) bond motifs is 7. The van der Waals surface area contributed by atoms with E-state index in [-0.39, 0.29) is 0 Å². The lowest BCUT2D eigenvalue weighted by Gasteiger charge is -2.12. The fourth-order valence-electron chi connectivity index (χ4n) is 7.76. The molecule has 0 bridgehead atoms. The van der Waals surface area contributed by atoms with Crippen LogP contribution >= 0.6 is 0 Å². The Balaban J connectivity index is 1.13. The summed E-state index contributed by atoms with van der Waals surface area (Å²) in [7, 11) is 0. The van der Waals surface area contributed by atoms with Crippen LogP contribution in [0.15, 0.2) is 185 Å². The molecule has 0 saturated heterocycles. The number of hydrogen-bond acceptors (Lipinski definition) is 5. The largest absolute Gasteiger partial charge is 0.456 e. The fraction of sp³-hybridized carbons (Fsp3) is 0. The molecule has 54 heavy (non-hydrogen) atoms. The maximum absolute atomic E-state index is 6.73. The van der Waals surface area contributed by atoms with Gasteiger partial charge in [0.1, 0.15) is 22.3 Å². The van der Waals surface area contributed by atoms with Crippen molar-refractivity contribution in [1.29, 1.82) is 0 Å². The Labute approximate surface area is 309 Å². The van der Waals surface area contributed by atoms with E-state index in [1.165, 1.54) is 16.5 Å². The van der Waals surface area contributed by atoms with E-state index in [9.17, 15) is 0 Å². The van der Waals surface area contributed by atoms with Crippen molar-refractivity contribution in [3.63, 3.8) is 0 Å². The highest BCUT2D eigenvalue weighted by atomic mass is 16.3. The zero-order valence-corrected chi connectivity index (χ0v) is 28.9. The number of nitrogens with zero attached hydrogens (tertiary/aromatic N) is 3. The molecule has 0 radical (unpaired) electrons. The van der Waals surface area contributed by atoms with Crippen LogP contribution in [0.4, 0.5) is 0 Å². The Bertz CT molecular complexity index is 3220. The van der Waals surface area contributed by atoms with Crippen LogP contribution in [-0.2, 0) is 0 Å². The van der Waals surface area contributed by atoms with Crippen LogP contribution in [-0.4, -0.2) is 15.0 Å². The third kappa shape index (κ3) is 4.90. The highest BCUT2D eigenvalue weighted by Gasteiger charge is 2.22. The average molecular weight is 692 g/mol. The standard InChI is InChI=1S/C49H29N3O2/c1-3-12-30(13-4-1)32-22-23-34-29-35(25-24-33(34)28-32)36-26-27-40(45-38-17-8-10-20-42(38)54-46(36)45)49-51-47(31-14-5-2-6-15-31)50-48(52-49)39-18-11-21-43-44(39)37-16-7-9-19-41(37)53-43/h1-29H. The molecule has 0 unspecified atom stereocenters. The summed E-state index contributed by atoms with van der Waals surface area (Å²) in [5.74, 6) is 1.74. The first-order chi connectivity index (χ1) is 26.7. The van der Waals surface area contributed by atoms with Crippen LogP contribution in [0.5, 0.6) is 0 Å². The lowest BCUT2D eigenvalue weighted by molar-refractivity contribution is 0.669. The van der Waals surface area contributed by atoms with E-state index < -0.39 is 0 Å². The molecule has 11 aromatic rings. The molecule has 0 aliphatic carbocycles. The van der Waals surface area contributed by atoms with Crippen LogP contribution in [0.1, 0.15) is 0 Å². The fourth-order valence-corrected chi connectivity index (χ4v) is 7.76. The molecular weight excluding hydrogens is 663 g/mol. The van der Waals surface area contributed by atoms with Crippen molar-refractivity contribution in [3.8, 4) is 56.4 Å². The molecule has 0 spiro atoms. The second kappa shape index (κ2) is 12.1. The van der Waals surface area contributed by atoms with E-state index in [4.69, 9.17) is 23.8 Å². The van der Waals surface area contributed by atoms with Gasteiger partial charge in [0.05, 0.1) is 0 Å². The summed E-state index contributed by atoms with van der Waals surface area (Å²) in [4.78, 5) is 15.5. The second-order valence-electron chi connectivity index (χ2n) is 13.6. The number of hydrogen-bond donors (Lipinski definition) is 0. The first-order valence-electron chi connectivity index (χ1n) is 18.0. The molecule has 5 nitrogen and oxygen atoms in total. The van der Waals surface area contributed by atoms with Crippen molar-refractivity contribution in [2.24, 2.45) is 0 Å². The molecule has 8 aromatic carbocycles. The maximum atomic E-state index is 6.73. The highest BCUT2D eigenvalue weighted by molar-refractivity contribution is 6.16. The van der Waals surface area contributed by atoms with Crippen molar-refractivity contribution in [2.75, 3.05) is 0 Å². The van der Waals surface area contributed by atoms with Gasteiger partial charge in [-0.15, -0.1) is 0 Å². The van der Waals surface area contributed by atoms with Gasteiger partial charge in [-0.05, 0) is 69.9 Å². The van der Waals surface area contributed by atoms with E-state index in [2.05, 4.69) is 91.0 Å². The minimum atomic E-state index is 0.568. The average Bonchev–Trinajstić information content (AvgIpc) is 3.83. The van der Waals surface area contributed by atoms with Gasteiger partial charge in [-0.1, -0.05) is 133 Å². The maximum Gasteiger partial charge on any atom is 0.164 e. The van der Waals surface area contributed by atoms with Gasteiger partial charge >= 0.3 is 0 Å². The van der Waals surface area contributed by atoms with Gasteiger partial charge in [-0.3, -0.25) is 0 Å². The monoisotopic (exact) mass is 691 g/mol. The van der Waals surface area contributed by atoms with Gasteiger partial charge in [-0.2, -0.15) is 0 Å². The van der Waals surface area contributed by atoms with E-state index >= 15 is 0 Å². The lowest BCUT2D eigenvalue weighted by Crippen LogP contribution is -2.01. The van der Waals surface area contributed by atoms with Gasteiger partial charge in [-0.25, -0.2) is 15.0 Å². The van der Waals surface area contributed by atoms with Crippen LogP contribution in [0, 0.1) is 0 Å². The molecular formula is C49H29N3O2. The minimum absolute atomic E-state index is 0.568. The van der Waals surface area contributed by atoms with Gasteiger partial charge in [0.15, 0.2) is 17.5 Å². The normalized spacial score (nSPS) is 11.7. The third-order valence-electron chi connectivity index (χ3n) is 10.3. The third-order valence-corrected chi connectivity index (χ3v) is 10.3. The predicted molar refractivity (Wildman–Crippen MR) is 219 cm³/mol. The quantitative estimate of drug-likeness (QED) is 0.180. The number of aromatic nitrogens is 3. The van der Waals surface area contributed by atoms with Gasteiger partial charge < -0.3 is 8.83 Å². The summed E-state index contributed by atoms with van der Waals surface area (Å²) in [6.07, 6.45) is 0. The molecule has 11 rings (SSSR count). The first-order valence-corrected chi connectivity index (χ1v) is 18.0. The molecule has 0 aliphatic heterocycles. The summed E-state index contributed by atoms with van der Waals surface area (Å²) in [6.45, 7) is 0. The Morgan fingerprint density at radius 2 is 0.852 bits per heavy atom. The molecule has 0 aliphatic rings. The summed E-state index contributed by atoms with van der Waals surface area (Å²) in [5.41, 5.74) is 10.4. The van der Waals surface area contributed by atoms with Crippen LogP contribution < -0.4 is 0 Å². The molecule has 0 N–H and O–H groups in total. The zero-order chi connectivity index (χ0) is 35.6. The highest BCUT2D eigenvalue weighted by Crippen LogP contribution is 2.43. The summed E-state index contributed by atoms with van der Waals surface area (Å²) in [5, 5.41) is 6.31. The molecule has 0 amide bonds. The van der Waals surface area contributed by atoms with E-state index in [1.54, 1.807) is 0 Å². The van der Waals surface area contributed by atoms with E-state index in [0.717, 1.165) is 77.1 Å². The summed E-state index contributed by atoms with van der Waals surface area (Å²) in [6, 6.07) is 60.4. The molecule has 3 aromatic heterocycles. The molecule has 0 saturated carbocycles. The molecule has 0 fully saturated rings. The van der Waals surface area contributed by atoms with Crippen LogP contribution in [0.2, 0.25) is 0 Å². The van der Waals surface area contributed by atoms with Crippen molar-refractivity contribution >= 4 is 54.6 Å². The van der Waals surface area contributed by atoms with Crippen LogP contribution in [0.3, 0.4) is 0 Å². The summed E-state index contributed by atoms with van der Waals surface area (Å²) < 4.78 is 13.0. The number of benzene rings is 8. The minimum Gasteiger partial charge on any atom is -0.456 e. The van der Waals surface area contributed by atoms with E-state index in [0.29, 0.717) is 17.5 Å². The molecule has 0 atom stereocenters. The number of rotatable bonds is 5. The van der Waals surface area contributed by atoms with E-state index in [1.807, 2.05) is 84.9 Å². The SMILES string of the molecule is c1ccc(-c2ccc3cc(-c4ccc(-c5nc(-c6ccccc6)nc(-c6cccc7oc8ccccc8c67)n5)c5c4oc4ccccc45)ccc3c2)cc1. The Morgan fingerprint density at radius 1 is 0.315 bits per heavy atom. The van der Waals surface area contributed by atoms with Crippen molar-refractivity contribution in [3.05, 3.63) is 176 Å². The topological polar surface area (TPSA) is 65.0 Å². The second-order valence-corrected chi connectivity index (χ2v) is 13.6. The Morgan fingerprint density at radius 3 is 1.59 bits per heavy atom. The van der Waals surface area contributed by atoms with Crippen molar-refractivity contribution < 1.29 is 8.83 Å². The Kier molecular flexibility index (Phi) is 6.79. The number of furan rings is 2. The Hall–Kier alpha value is -7.37.